The highest BCUT2D eigenvalue weighted by atomic mass is 32.1. The van der Waals surface area contributed by atoms with E-state index < -0.39 is 0 Å². The van der Waals surface area contributed by atoms with E-state index in [4.69, 9.17) is 0 Å². The predicted octanol–water partition coefficient (Wildman–Crippen LogP) is 2.35. The van der Waals surface area contributed by atoms with Crippen molar-refractivity contribution >= 4 is 11.3 Å². The molecule has 2 heterocycles. The van der Waals surface area contributed by atoms with Crippen LogP contribution in [0.25, 0.3) is 0 Å². The summed E-state index contributed by atoms with van der Waals surface area (Å²) in [6.45, 7) is 7.12. The first kappa shape index (κ1) is 12.1. The Balaban J connectivity index is 1.87. The molecule has 2 rings (SSSR count). The van der Waals surface area contributed by atoms with E-state index in [0.717, 1.165) is 5.92 Å². The lowest BCUT2D eigenvalue weighted by molar-refractivity contribution is 0.317. The van der Waals surface area contributed by atoms with E-state index in [9.17, 15) is 0 Å². The van der Waals surface area contributed by atoms with Crippen molar-refractivity contribution in [1.82, 2.24) is 10.2 Å². The van der Waals surface area contributed by atoms with Gasteiger partial charge in [-0.15, -0.1) is 11.3 Å². The molecule has 1 aliphatic heterocycles. The number of nitrogens with one attached hydrogen (secondary N) is 1. The lowest BCUT2D eigenvalue weighted by atomic mass is 10.1. The van der Waals surface area contributed by atoms with Gasteiger partial charge in [0.05, 0.1) is 0 Å². The van der Waals surface area contributed by atoms with Crippen LogP contribution in [-0.4, -0.2) is 31.6 Å². The Morgan fingerprint density at radius 2 is 2.44 bits per heavy atom. The van der Waals surface area contributed by atoms with Gasteiger partial charge in [-0.3, -0.25) is 4.90 Å². The summed E-state index contributed by atoms with van der Waals surface area (Å²) in [5, 5.41) is 5.52. The molecular weight excluding hydrogens is 216 g/mol. The van der Waals surface area contributed by atoms with E-state index in [-0.39, 0.29) is 0 Å². The predicted molar refractivity (Wildman–Crippen MR) is 71.0 cm³/mol. The van der Waals surface area contributed by atoms with Crippen molar-refractivity contribution < 1.29 is 0 Å². The number of rotatable bonds is 5. The van der Waals surface area contributed by atoms with E-state index >= 15 is 0 Å². The van der Waals surface area contributed by atoms with E-state index in [1.807, 2.05) is 11.3 Å². The van der Waals surface area contributed by atoms with Gasteiger partial charge in [-0.2, -0.15) is 0 Å². The molecule has 1 aromatic heterocycles. The molecular formula is C13H22N2S. The molecule has 0 spiro atoms. The third-order valence-corrected chi connectivity index (χ3v) is 4.40. The highest BCUT2D eigenvalue weighted by Crippen LogP contribution is 2.23. The maximum Gasteiger partial charge on any atom is 0.0330 e. The molecule has 3 heteroatoms. The second-order valence-electron chi connectivity index (χ2n) is 4.67. The van der Waals surface area contributed by atoms with Crippen LogP contribution in [0.15, 0.2) is 11.4 Å². The summed E-state index contributed by atoms with van der Waals surface area (Å²) in [5.41, 5.74) is 1.54. The fourth-order valence-electron chi connectivity index (χ4n) is 2.54. The van der Waals surface area contributed by atoms with Gasteiger partial charge >= 0.3 is 0 Å². The highest BCUT2D eigenvalue weighted by molar-refractivity contribution is 7.10. The normalized spacial score (nSPS) is 21.8. The molecule has 0 amide bonds. The minimum absolute atomic E-state index is 0.857. The van der Waals surface area contributed by atoms with Crippen LogP contribution >= 0.6 is 11.3 Å². The molecule has 1 unspecified atom stereocenters. The van der Waals surface area contributed by atoms with Crippen LogP contribution in [0.3, 0.4) is 0 Å². The van der Waals surface area contributed by atoms with Gasteiger partial charge in [0.2, 0.25) is 0 Å². The number of likely N-dealkylation sites (tertiary alicyclic amines) is 1. The second kappa shape index (κ2) is 5.80. The molecule has 0 saturated carbocycles. The van der Waals surface area contributed by atoms with Gasteiger partial charge in [0, 0.05) is 18.0 Å². The lowest BCUT2D eigenvalue weighted by Gasteiger charge is -2.15. The molecule has 1 fully saturated rings. The van der Waals surface area contributed by atoms with Gasteiger partial charge in [0.25, 0.3) is 0 Å². The molecule has 0 bridgehead atoms. The van der Waals surface area contributed by atoms with E-state index in [0.29, 0.717) is 0 Å². The summed E-state index contributed by atoms with van der Waals surface area (Å²) >= 11 is 1.92. The SMILES string of the molecule is CCc1ccsc1CN1CCC(CNC)C1. The summed E-state index contributed by atoms with van der Waals surface area (Å²) in [5.74, 6) is 0.857. The Bertz CT molecular complexity index is 321. The Labute approximate surface area is 103 Å². The van der Waals surface area contributed by atoms with E-state index in [1.54, 1.807) is 10.4 Å². The van der Waals surface area contributed by atoms with Gasteiger partial charge < -0.3 is 5.32 Å². The third kappa shape index (κ3) is 2.84. The first-order chi connectivity index (χ1) is 7.83. The van der Waals surface area contributed by atoms with Gasteiger partial charge in [0.15, 0.2) is 0 Å². The van der Waals surface area contributed by atoms with Gasteiger partial charge in [-0.25, -0.2) is 0 Å². The summed E-state index contributed by atoms with van der Waals surface area (Å²) in [7, 11) is 2.05. The van der Waals surface area contributed by atoms with Crippen molar-refractivity contribution in [3.05, 3.63) is 21.9 Å². The van der Waals surface area contributed by atoms with Crippen LogP contribution in [0.4, 0.5) is 0 Å². The van der Waals surface area contributed by atoms with Crippen molar-refractivity contribution in [2.75, 3.05) is 26.7 Å². The Morgan fingerprint density at radius 3 is 3.19 bits per heavy atom. The van der Waals surface area contributed by atoms with Crippen molar-refractivity contribution in [3.63, 3.8) is 0 Å². The number of hydrogen-bond donors (Lipinski definition) is 1. The first-order valence-corrected chi connectivity index (χ1v) is 7.13. The summed E-state index contributed by atoms with van der Waals surface area (Å²) in [6.07, 6.45) is 2.53. The molecule has 1 atom stereocenters. The van der Waals surface area contributed by atoms with Crippen molar-refractivity contribution in [2.45, 2.75) is 26.3 Å². The molecule has 1 aliphatic rings. The summed E-state index contributed by atoms with van der Waals surface area (Å²) in [4.78, 5) is 4.18. The highest BCUT2D eigenvalue weighted by Gasteiger charge is 2.22. The molecule has 0 aromatic carbocycles. The maximum atomic E-state index is 3.29. The molecule has 90 valence electrons. The molecule has 0 radical (unpaired) electrons. The van der Waals surface area contributed by atoms with Gasteiger partial charge in [-0.1, -0.05) is 6.92 Å². The van der Waals surface area contributed by atoms with Gasteiger partial charge in [-0.05, 0) is 55.9 Å². The zero-order chi connectivity index (χ0) is 11.4. The average molecular weight is 238 g/mol. The van der Waals surface area contributed by atoms with Crippen molar-refractivity contribution in [3.8, 4) is 0 Å². The molecule has 0 aliphatic carbocycles. The number of thiophene rings is 1. The van der Waals surface area contributed by atoms with E-state index in [2.05, 4.69) is 35.6 Å². The monoisotopic (exact) mass is 238 g/mol. The average Bonchev–Trinajstić information content (AvgIpc) is 2.89. The molecule has 16 heavy (non-hydrogen) atoms. The fourth-order valence-corrected chi connectivity index (χ4v) is 3.55. The number of hydrogen-bond acceptors (Lipinski definition) is 3. The van der Waals surface area contributed by atoms with E-state index in [1.165, 1.54) is 39.0 Å². The van der Waals surface area contributed by atoms with Crippen LogP contribution in [-0.2, 0) is 13.0 Å². The van der Waals surface area contributed by atoms with Crippen LogP contribution in [0, 0.1) is 5.92 Å². The zero-order valence-electron chi connectivity index (χ0n) is 10.3. The topological polar surface area (TPSA) is 15.3 Å². The van der Waals surface area contributed by atoms with Crippen LogP contribution < -0.4 is 5.32 Å². The number of aryl methyl sites for hydroxylation is 1. The standard InChI is InChI=1S/C13H22N2S/c1-3-12-5-7-16-13(12)10-15-6-4-11(9-15)8-14-2/h5,7,11,14H,3-4,6,8-10H2,1-2H3. The molecule has 1 saturated heterocycles. The largest absolute Gasteiger partial charge is 0.319 e. The number of nitrogens with zero attached hydrogens (tertiary/aromatic N) is 1. The van der Waals surface area contributed by atoms with Crippen LogP contribution in [0.1, 0.15) is 23.8 Å². The first-order valence-electron chi connectivity index (χ1n) is 6.25. The van der Waals surface area contributed by atoms with Crippen LogP contribution in [0.2, 0.25) is 0 Å². The second-order valence-corrected chi connectivity index (χ2v) is 5.67. The van der Waals surface area contributed by atoms with Crippen LogP contribution in [0.5, 0.6) is 0 Å². The Morgan fingerprint density at radius 1 is 1.56 bits per heavy atom. The zero-order valence-corrected chi connectivity index (χ0v) is 11.1. The molecule has 1 N–H and O–H groups in total. The summed E-state index contributed by atoms with van der Waals surface area (Å²) in [6, 6.07) is 2.28. The lowest BCUT2D eigenvalue weighted by Crippen LogP contribution is -2.24. The summed E-state index contributed by atoms with van der Waals surface area (Å²) < 4.78 is 0. The Hall–Kier alpha value is -0.380. The smallest absolute Gasteiger partial charge is 0.0330 e. The minimum atomic E-state index is 0.857. The molecule has 1 aromatic rings. The third-order valence-electron chi connectivity index (χ3n) is 3.45. The van der Waals surface area contributed by atoms with Gasteiger partial charge in [0.1, 0.15) is 0 Å². The van der Waals surface area contributed by atoms with Crippen molar-refractivity contribution in [1.29, 1.82) is 0 Å². The minimum Gasteiger partial charge on any atom is -0.319 e. The quantitative estimate of drug-likeness (QED) is 0.847. The Kier molecular flexibility index (Phi) is 4.38. The van der Waals surface area contributed by atoms with Crippen molar-refractivity contribution in [2.24, 2.45) is 5.92 Å². The maximum absolute atomic E-state index is 3.29. The molecule has 2 nitrogen and oxygen atoms in total. The fraction of sp³-hybridized carbons (Fsp3) is 0.692.